The molecule has 102 valence electrons. The van der Waals surface area contributed by atoms with Crippen LogP contribution in [-0.2, 0) is 9.59 Å². The van der Waals surface area contributed by atoms with Crippen molar-refractivity contribution < 1.29 is 14.7 Å². The van der Waals surface area contributed by atoms with Crippen molar-refractivity contribution in [3.8, 4) is 0 Å². The van der Waals surface area contributed by atoms with Crippen molar-refractivity contribution in [1.29, 1.82) is 0 Å². The molecule has 0 spiro atoms. The standard InChI is InChI=1S/C15H19NO3/c1-11(12-7-3-2-4-8-12)14(17)16-10-6-5-9-13(16)15(18)19/h2-4,7-8,11,13H,5-6,9-10H2,1H3,(H,18,19)/t11-,13-/m1/s1. The summed E-state index contributed by atoms with van der Waals surface area (Å²) in [4.78, 5) is 25.2. The summed E-state index contributed by atoms with van der Waals surface area (Å²) in [5.74, 6) is -1.27. The summed E-state index contributed by atoms with van der Waals surface area (Å²) in [7, 11) is 0. The minimum Gasteiger partial charge on any atom is -0.480 e. The van der Waals surface area contributed by atoms with Crippen molar-refractivity contribution in [3.05, 3.63) is 35.9 Å². The van der Waals surface area contributed by atoms with Crippen molar-refractivity contribution in [2.24, 2.45) is 0 Å². The van der Waals surface area contributed by atoms with Crippen molar-refractivity contribution in [3.63, 3.8) is 0 Å². The van der Waals surface area contributed by atoms with Crippen LogP contribution in [0, 0.1) is 0 Å². The Hall–Kier alpha value is -1.84. The van der Waals surface area contributed by atoms with E-state index in [1.165, 1.54) is 4.90 Å². The Morgan fingerprint density at radius 1 is 1.26 bits per heavy atom. The van der Waals surface area contributed by atoms with Gasteiger partial charge in [0.25, 0.3) is 0 Å². The molecule has 1 heterocycles. The van der Waals surface area contributed by atoms with E-state index < -0.39 is 12.0 Å². The van der Waals surface area contributed by atoms with Gasteiger partial charge in [0.1, 0.15) is 6.04 Å². The number of carbonyl (C=O) groups is 2. The van der Waals surface area contributed by atoms with Crippen LogP contribution in [0.5, 0.6) is 0 Å². The molecule has 0 radical (unpaired) electrons. The number of carboxylic acids is 1. The summed E-state index contributed by atoms with van der Waals surface area (Å²) in [5, 5.41) is 9.22. The van der Waals surface area contributed by atoms with E-state index in [4.69, 9.17) is 0 Å². The third kappa shape index (κ3) is 2.95. The second-order valence-corrected chi connectivity index (χ2v) is 5.01. The predicted octanol–water partition coefficient (Wildman–Crippen LogP) is 2.26. The van der Waals surface area contributed by atoms with Gasteiger partial charge >= 0.3 is 5.97 Å². The molecule has 0 bridgehead atoms. The average Bonchev–Trinajstić information content (AvgIpc) is 2.46. The van der Waals surface area contributed by atoms with Crippen LogP contribution < -0.4 is 0 Å². The summed E-state index contributed by atoms with van der Waals surface area (Å²) in [5.41, 5.74) is 0.933. The highest BCUT2D eigenvalue weighted by Gasteiger charge is 2.34. The van der Waals surface area contributed by atoms with Crippen LogP contribution in [-0.4, -0.2) is 34.5 Å². The maximum absolute atomic E-state index is 12.5. The van der Waals surface area contributed by atoms with E-state index >= 15 is 0 Å². The lowest BCUT2D eigenvalue weighted by Gasteiger charge is -2.34. The SMILES string of the molecule is C[C@@H](C(=O)N1CCCC[C@@H]1C(=O)O)c1ccccc1. The minimum absolute atomic E-state index is 0.0849. The monoisotopic (exact) mass is 261 g/mol. The lowest BCUT2D eigenvalue weighted by Crippen LogP contribution is -2.49. The first kappa shape index (κ1) is 13.6. The smallest absolute Gasteiger partial charge is 0.326 e. The Morgan fingerprint density at radius 2 is 1.95 bits per heavy atom. The molecule has 1 aliphatic rings. The molecular weight excluding hydrogens is 242 g/mol. The zero-order valence-electron chi connectivity index (χ0n) is 11.1. The van der Waals surface area contributed by atoms with Crippen molar-refractivity contribution in [2.45, 2.75) is 38.1 Å². The van der Waals surface area contributed by atoms with Gasteiger partial charge in [0.05, 0.1) is 5.92 Å². The van der Waals surface area contributed by atoms with Crippen LogP contribution in [0.1, 0.15) is 37.7 Å². The predicted molar refractivity (Wildman–Crippen MR) is 71.8 cm³/mol. The fraction of sp³-hybridized carbons (Fsp3) is 0.467. The van der Waals surface area contributed by atoms with E-state index in [0.29, 0.717) is 13.0 Å². The number of carboxylic acid groups (broad SMARTS) is 1. The van der Waals surface area contributed by atoms with Gasteiger partial charge in [-0.1, -0.05) is 30.3 Å². The van der Waals surface area contributed by atoms with Crippen LogP contribution in [0.2, 0.25) is 0 Å². The van der Waals surface area contributed by atoms with Crippen molar-refractivity contribution in [2.75, 3.05) is 6.54 Å². The number of likely N-dealkylation sites (tertiary alicyclic amines) is 1. The summed E-state index contributed by atoms with van der Waals surface area (Å²) in [6.45, 7) is 2.39. The molecule has 1 aromatic carbocycles. The van der Waals surface area contributed by atoms with E-state index in [2.05, 4.69) is 0 Å². The van der Waals surface area contributed by atoms with Gasteiger partial charge in [0.2, 0.25) is 5.91 Å². The highest BCUT2D eigenvalue weighted by Crippen LogP contribution is 2.24. The Morgan fingerprint density at radius 3 is 2.58 bits per heavy atom. The van der Waals surface area contributed by atoms with E-state index in [1.807, 2.05) is 37.3 Å². The fourth-order valence-corrected chi connectivity index (χ4v) is 2.59. The molecule has 0 saturated carbocycles. The molecule has 1 fully saturated rings. The van der Waals surface area contributed by atoms with Gasteiger partial charge in [0, 0.05) is 6.54 Å². The maximum Gasteiger partial charge on any atom is 0.326 e. The normalized spacial score (nSPS) is 20.9. The number of aliphatic carboxylic acids is 1. The zero-order valence-corrected chi connectivity index (χ0v) is 11.1. The van der Waals surface area contributed by atoms with E-state index in [-0.39, 0.29) is 11.8 Å². The Balaban J connectivity index is 2.15. The van der Waals surface area contributed by atoms with Crippen molar-refractivity contribution >= 4 is 11.9 Å². The first-order chi connectivity index (χ1) is 9.11. The van der Waals surface area contributed by atoms with Crippen LogP contribution in [0.25, 0.3) is 0 Å². The summed E-state index contributed by atoms with van der Waals surface area (Å²) >= 11 is 0. The lowest BCUT2D eigenvalue weighted by atomic mass is 9.95. The lowest BCUT2D eigenvalue weighted by molar-refractivity contribution is -0.152. The first-order valence-electron chi connectivity index (χ1n) is 6.69. The second-order valence-electron chi connectivity index (χ2n) is 5.01. The van der Waals surface area contributed by atoms with Gasteiger partial charge < -0.3 is 10.0 Å². The fourth-order valence-electron chi connectivity index (χ4n) is 2.59. The number of carbonyl (C=O) groups excluding carboxylic acids is 1. The number of nitrogens with zero attached hydrogens (tertiary/aromatic N) is 1. The van der Waals surface area contributed by atoms with E-state index in [0.717, 1.165) is 18.4 Å². The number of hydrogen-bond donors (Lipinski definition) is 1. The first-order valence-corrected chi connectivity index (χ1v) is 6.69. The molecule has 1 aliphatic heterocycles. The van der Waals surface area contributed by atoms with Crippen LogP contribution >= 0.6 is 0 Å². The molecule has 1 aromatic rings. The summed E-state index contributed by atoms with van der Waals surface area (Å²) in [6.07, 6.45) is 2.32. The number of hydrogen-bond acceptors (Lipinski definition) is 2. The maximum atomic E-state index is 12.5. The Bertz CT molecular complexity index is 458. The van der Waals surface area contributed by atoms with Gasteiger partial charge in [0.15, 0.2) is 0 Å². The van der Waals surface area contributed by atoms with Gasteiger partial charge in [-0.15, -0.1) is 0 Å². The largest absolute Gasteiger partial charge is 0.480 e. The van der Waals surface area contributed by atoms with Crippen LogP contribution in [0.4, 0.5) is 0 Å². The van der Waals surface area contributed by atoms with Gasteiger partial charge in [-0.25, -0.2) is 4.79 Å². The Kier molecular flexibility index (Phi) is 4.20. The van der Waals surface area contributed by atoms with Crippen LogP contribution in [0.3, 0.4) is 0 Å². The molecule has 2 atom stereocenters. The topological polar surface area (TPSA) is 57.6 Å². The molecule has 4 nitrogen and oxygen atoms in total. The number of amides is 1. The quantitative estimate of drug-likeness (QED) is 0.908. The molecule has 4 heteroatoms. The number of piperidine rings is 1. The molecule has 19 heavy (non-hydrogen) atoms. The van der Waals surface area contributed by atoms with Gasteiger partial charge in [-0.05, 0) is 31.7 Å². The third-order valence-electron chi connectivity index (χ3n) is 3.74. The molecular formula is C15H19NO3. The van der Waals surface area contributed by atoms with Gasteiger partial charge in [-0.3, -0.25) is 4.79 Å². The molecule has 0 aromatic heterocycles. The highest BCUT2D eigenvalue weighted by atomic mass is 16.4. The van der Waals surface area contributed by atoms with Gasteiger partial charge in [-0.2, -0.15) is 0 Å². The number of rotatable bonds is 3. The minimum atomic E-state index is -0.895. The highest BCUT2D eigenvalue weighted by molar-refractivity contribution is 5.88. The Labute approximate surface area is 113 Å². The molecule has 0 aliphatic carbocycles. The molecule has 1 saturated heterocycles. The molecule has 2 rings (SSSR count). The van der Waals surface area contributed by atoms with E-state index in [9.17, 15) is 14.7 Å². The van der Waals surface area contributed by atoms with Crippen LogP contribution in [0.15, 0.2) is 30.3 Å². The number of benzene rings is 1. The van der Waals surface area contributed by atoms with Crippen molar-refractivity contribution in [1.82, 2.24) is 4.90 Å². The zero-order chi connectivity index (χ0) is 13.8. The third-order valence-corrected chi connectivity index (χ3v) is 3.74. The van der Waals surface area contributed by atoms with E-state index in [1.54, 1.807) is 0 Å². The summed E-state index contributed by atoms with van der Waals surface area (Å²) in [6, 6.07) is 8.84. The second kappa shape index (κ2) is 5.87. The molecule has 0 unspecified atom stereocenters. The molecule has 1 amide bonds. The summed E-state index contributed by atoms with van der Waals surface area (Å²) < 4.78 is 0. The molecule has 1 N–H and O–H groups in total. The average molecular weight is 261 g/mol.